The Labute approximate surface area is 117 Å². The average molecular weight is 274 g/mol. The molecule has 0 saturated carbocycles. The van der Waals surface area contributed by atoms with Crippen molar-refractivity contribution >= 4 is 22.3 Å². The molecule has 0 atom stereocenters. The van der Waals surface area contributed by atoms with Gasteiger partial charge in [0.1, 0.15) is 5.00 Å². The zero-order valence-electron chi connectivity index (χ0n) is 11.5. The molecule has 1 N–H and O–H groups in total. The summed E-state index contributed by atoms with van der Waals surface area (Å²) in [5, 5.41) is 4.21. The van der Waals surface area contributed by atoms with Crippen molar-refractivity contribution in [2.24, 2.45) is 0 Å². The lowest BCUT2D eigenvalue weighted by molar-refractivity contribution is 0.101. The van der Waals surface area contributed by atoms with Gasteiger partial charge in [0.25, 0.3) is 0 Å². The first kappa shape index (κ1) is 13.7. The van der Waals surface area contributed by atoms with Crippen LogP contribution in [-0.2, 0) is 6.42 Å². The summed E-state index contributed by atoms with van der Waals surface area (Å²) in [7, 11) is 0. The maximum atomic E-state index is 11.6. The summed E-state index contributed by atoms with van der Waals surface area (Å²) in [6.45, 7) is 6.37. The van der Waals surface area contributed by atoms with Crippen molar-refractivity contribution in [3.05, 3.63) is 46.6 Å². The summed E-state index contributed by atoms with van der Waals surface area (Å²) in [5.74, 6) is 0.0734. The molecule has 3 nitrogen and oxygen atoms in total. The third-order valence-corrected chi connectivity index (χ3v) is 3.89. The number of carbonyl (C=O) groups excluding carboxylic acids is 1. The summed E-state index contributed by atoms with van der Waals surface area (Å²) in [6.07, 6.45) is 0.940. The highest BCUT2D eigenvalue weighted by molar-refractivity contribution is 7.10. The molecule has 1 aromatic carbocycles. The minimum Gasteiger partial charge on any atom is -0.375 e. The summed E-state index contributed by atoms with van der Waals surface area (Å²) in [4.78, 5) is 11.6. The fourth-order valence-electron chi connectivity index (χ4n) is 2.09. The Bertz CT molecular complexity index is 590. The Balaban J connectivity index is 1.98. The Morgan fingerprint density at radius 1 is 1.37 bits per heavy atom. The van der Waals surface area contributed by atoms with E-state index in [0.29, 0.717) is 0 Å². The topological polar surface area (TPSA) is 42.0 Å². The maximum absolute atomic E-state index is 11.6. The lowest BCUT2D eigenvalue weighted by atomic mass is 10.1. The normalized spacial score (nSPS) is 10.5. The van der Waals surface area contributed by atoms with Gasteiger partial charge in [-0.2, -0.15) is 4.37 Å². The molecule has 100 valence electrons. The molecule has 0 aliphatic carbocycles. The van der Waals surface area contributed by atoms with E-state index < -0.39 is 0 Å². The first-order valence-corrected chi connectivity index (χ1v) is 7.12. The van der Waals surface area contributed by atoms with Crippen LogP contribution in [0.3, 0.4) is 0 Å². The maximum Gasteiger partial charge on any atom is 0.164 e. The lowest BCUT2D eigenvalue weighted by Gasteiger charge is -2.06. The molecule has 0 aliphatic rings. The molecule has 0 amide bonds. The zero-order chi connectivity index (χ0) is 13.8. The Kier molecular flexibility index (Phi) is 4.32. The van der Waals surface area contributed by atoms with Crippen LogP contribution in [0.25, 0.3) is 0 Å². The zero-order valence-corrected chi connectivity index (χ0v) is 12.3. The minimum absolute atomic E-state index is 0.0734. The number of rotatable bonds is 5. The van der Waals surface area contributed by atoms with Crippen LogP contribution < -0.4 is 5.32 Å². The number of ketones is 1. The van der Waals surface area contributed by atoms with Crippen LogP contribution in [0.15, 0.2) is 24.3 Å². The predicted molar refractivity (Wildman–Crippen MR) is 80.2 cm³/mol. The van der Waals surface area contributed by atoms with Gasteiger partial charge in [-0.05, 0) is 44.3 Å². The Morgan fingerprint density at radius 3 is 2.84 bits per heavy atom. The van der Waals surface area contributed by atoms with Gasteiger partial charge in [-0.25, -0.2) is 0 Å². The summed E-state index contributed by atoms with van der Waals surface area (Å²) in [5.41, 5.74) is 4.12. The first-order chi connectivity index (χ1) is 9.08. The van der Waals surface area contributed by atoms with E-state index in [-0.39, 0.29) is 5.78 Å². The van der Waals surface area contributed by atoms with Crippen molar-refractivity contribution < 1.29 is 4.79 Å². The number of Topliss-reactive ketones (excluding diaryl/α,β-unsaturated/α-hetero) is 1. The number of anilines is 1. The van der Waals surface area contributed by atoms with Gasteiger partial charge < -0.3 is 5.32 Å². The van der Waals surface area contributed by atoms with Gasteiger partial charge in [-0.3, -0.25) is 4.79 Å². The molecule has 0 radical (unpaired) electrons. The summed E-state index contributed by atoms with van der Waals surface area (Å²) >= 11 is 1.36. The second-order valence-electron chi connectivity index (χ2n) is 4.69. The molecule has 1 heterocycles. The van der Waals surface area contributed by atoms with E-state index in [9.17, 15) is 4.79 Å². The van der Waals surface area contributed by atoms with E-state index in [2.05, 4.69) is 40.9 Å². The second kappa shape index (κ2) is 5.97. The summed E-state index contributed by atoms with van der Waals surface area (Å²) in [6, 6.07) is 8.48. The van der Waals surface area contributed by atoms with Crippen molar-refractivity contribution in [2.45, 2.75) is 27.2 Å². The molecular formula is C15H18N2OS. The van der Waals surface area contributed by atoms with Crippen LogP contribution in [0.1, 0.15) is 34.1 Å². The number of aromatic nitrogens is 1. The number of aryl methyl sites for hydroxylation is 2. The van der Waals surface area contributed by atoms with Gasteiger partial charge in [0.15, 0.2) is 5.78 Å². The van der Waals surface area contributed by atoms with Crippen molar-refractivity contribution in [3.63, 3.8) is 0 Å². The van der Waals surface area contributed by atoms with E-state index in [1.54, 1.807) is 6.92 Å². The van der Waals surface area contributed by atoms with Crippen LogP contribution >= 0.6 is 11.5 Å². The van der Waals surface area contributed by atoms with Gasteiger partial charge >= 0.3 is 0 Å². The van der Waals surface area contributed by atoms with Crippen LogP contribution in [0.5, 0.6) is 0 Å². The number of hydrogen-bond donors (Lipinski definition) is 1. The van der Waals surface area contributed by atoms with E-state index >= 15 is 0 Å². The van der Waals surface area contributed by atoms with E-state index in [1.807, 2.05) is 6.92 Å². The van der Waals surface area contributed by atoms with E-state index in [0.717, 1.165) is 29.2 Å². The number of hydrogen-bond acceptors (Lipinski definition) is 4. The van der Waals surface area contributed by atoms with Gasteiger partial charge in [0, 0.05) is 6.54 Å². The number of nitrogens with one attached hydrogen (secondary N) is 1. The molecule has 19 heavy (non-hydrogen) atoms. The van der Waals surface area contributed by atoms with Crippen molar-refractivity contribution in [2.75, 3.05) is 11.9 Å². The quantitative estimate of drug-likeness (QED) is 0.847. The molecule has 0 bridgehead atoms. The van der Waals surface area contributed by atoms with Crippen molar-refractivity contribution in [1.29, 1.82) is 0 Å². The molecule has 4 heteroatoms. The van der Waals surface area contributed by atoms with E-state index in [4.69, 9.17) is 0 Å². The Hall–Kier alpha value is -1.68. The average Bonchev–Trinajstić information content (AvgIpc) is 2.71. The van der Waals surface area contributed by atoms with Crippen molar-refractivity contribution in [3.8, 4) is 0 Å². The smallest absolute Gasteiger partial charge is 0.164 e. The molecule has 0 fully saturated rings. The molecule has 0 aliphatic heterocycles. The van der Waals surface area contributed by atoms with Crippen LogP contribution in [0.4, 0.5) is 5.00 Å². The highest BCUT2D eigenvalue weighted by Crippen LogP contribution is 2.24. The van der Waals surface area contributed by atoms with Crippen LogP contribution in [0, 0.1) is 13.8 Å². The third-order valence-electron chi connectivity index (χ3n) is 3.00. The third kappa shape index (κ3) is 3.41. The number of benzene rings is 1. The van der Waals surface area contributed by atoms with Gasteiger partial charge in [0.05, 0.1) is 11.3 Å². The molecular weight excluding hydrogens is 256 g/mol. The van der Waals surface area contributed by atoms with Crippen LogP contribution in [-0.4, -0.2) is 16.7 Å². The highest BCUT2D eigenvalue weighted by atomic mass is 32.1. The standard InChI is InChI=1S/C15H18N2OS/c1-10-5-4-6-13(9-10)7-8-16-15-14(12(3)18)11(2)17-19-15/h4-6,9,16H,7-8H2,1-3H3. The summed E-state index contributed by atoms with van der Waals surface area (Å²) < 4.78 is 4.24. The van der Waals surface area contributed by atoms with Gasteiger partial charge in [0.2, 0.25) is 0 Å². The fraction of sp³-hybridized carbons (Fsp3) is 0.333. The van der Waals surface area contributed by atoms with Gasteiger partial charge in [-0.15, -0.1) is 0 Å². The monoisotopic (exact) mass is 274 g/mol. The first-order valence-electron chi connectivity index (χ1n) is 6.34. The minimum atomic E-state index is 0.0734. The van der Waals surface area contributed by atoms with Gasteiger partial charge in [-0.1, -0.05) is 29.8 Å². The SMILES string of the molecule is CC(=O)c1c(C)nsc1NCCc1cccc(C)c1. The molecule has 0 spiro atoms. The lowest BCUT2D eigenvalue weighted by Crippen LogP contribution is -2.07. The van der Waals surface area contributed by atoms with Crippen molar-refractivity contribution in [1.82, 2.24) is 4.37 Å². The van der Waals surface area contributed by atoms with E-state index in [1.165, 1.54) is 22.7 Å². The molecule has 0 saturated heterocycles. The second-order valence-corrected chi connectivity index (χ2v) is 5.47. The molecule has 1 aromatic heterocycles. The molecule has 0 unspecified atom stereocenters. The van der Waals surface area contributed by atoms with Crippen LogP contribution in [0.2, 0.25) is 0 Å². The molecule has 2 aromatic rings. The predicted octanol–water partition coefficient (Wildman–Crippen LogP) is 3.62. The Morgan fingerprint density at radius 2 is 2.16 bits per heavy atom. The highest BCUT2D eigenvalue weighted by Gasteiger charge is 2.14. The number of nitrogens with zero attached hydrogens (tertiary/aromatic N) is 1. The largest absolute Gasteiger partial charge is 0.375 e. The number of carbonyl (C=O) groups is 1. The molecule has 2 rings (SSSR count). The fourth-order valence-corrected chi connectivity index (χ4v) is 2.96.